The predicted octanol–water partition coefficient (Wildman–Crippen LogP) is 4.14. The standard InChI is InChI=1S/C49H70N10O9/c1-5-41(61)52-28-29-54-47(65)58-46(50)53-26-11-15-40(44(63)56-31-34-17-21-38(60)22-18-34)57-45(64)43(59-32-36-13-8-9-14-37(36)33-59)35-19-23-39(24-20-35)67-30-12-27-51-42(62)16-7-6-10-25-55-48(66)68-49(2,3)4/h8-9,13-14,17-24,40,43,60H,5-7,10-12,15-16,25-33H2,1-4H3,(H,51,62)(H,52,61)(H,55,66)(H,56,63)(H,57,64)(H4,50,53,54,58,65)/t40-,43+/m1/s1. The van der Waals surface area contributed by atoms with E-state index in [0.29, 0.717) is 76.2 Å². The molecule has 1 aliphatic rings. The number of nitrogens with two attached hydrogens (primary N) is 1. The molecule has 0 saturated heterocycles. The number of hydrogen-bond acceptors (Lipinski definition) is 11. The van der Waals surface area contributed by atoms with Crippen molar-refractivity contribution in [2.45, 2.75) is 116 Å². The number of carbonyl (C=O) groups is 6. The van der Waals surface area contributed by atoms with Crippen LogP contribution in [0.3, 0.4) is 0 Å². The van der Waals surface area contributed by atoms with Crippen LogP contribution < -0.4 is 47.7 Å². The van der Waals surface area contributed by atoms with Crippen LogP contribution in [0.4, 0.5) is 9.59 Å². The maximum atomic E-state index is 14.5. The van der Waals surface area contributed by atoms with Crippen LogP contribution in [0.15, 0.2) is 77.8 Å². The number of ether oxygens (including phenoxy) is 2. The molecule has 19 nitrogen and oxygen atoms in total. The number of benzene rings is 3. The van der Waals surface area contributed by atoms with Crippen molar-refractivity contribution in [3.8, 4) is 11.5 Å². The zero-order valence-electron chi connectivity index (χ0n) is 39.8. The number of guanidine groups is 1. The minimum atomic E-state index is -0.964. The van der Waals surface area contributed by atoms with Gasteiger partial charge in [0.25, 0.3) is 0 Å². The Morgan fingerprint density at radius 3 is 2.09 bits per heavy atom. The molecule has 68 heavy (non-hydrogen) atoms. The number of hydrogen-bond donors (Lipinski definition) is 9. The molecule has 0 fully saturated rings. The number of aromatic hydroxyl groups is 1. The Balaban J connectivity index is 1.33. The van der Waals surface area contributed by atoms with Gasteiger partial charge in [-0.2, -0.15) is 0 Å². The van der Waals surface area contributed by atoms with Crippen molar-refractivity contribution in [2.24, 2.45) is 10.7 Å². The molecule has 0 unspecified atom stereocenters. The van der Waals surface area contributed by atoms with E-state index in [2.05, 4.69) is 47.1 Å². The summed E-state index contributed by atoms with van der Waals surface area (Å²) in [6.45, 7) is 10.3. The SMILES string of the molecule is CCC(=O)NCCNC(=O)NC(N)=NCCC[C@@H](NC(=O)[C@H](c1ccc(OCCCNC(=O)CCCCCNC(=O)OC(C)(C)C)cc1)N1Cc2ccccc2C1)C(=O)NCc1ccc(O)cc1. The first-order chi connectivity index (χ1) is 32.6. The lowest BCUT2D eigenvalue weighted by atomic mass is 10.0. The quantitative estimate of drug-likeness (QED) is 0.0314. The molecule has 0 saturated carbocycles. The number of nitrogens with zero attached hydrogens (tertiary/aromatic N) is 2. The number of fused-ring (bicyclic) bond motifs is 1. The molecule has 1 aliphatic heterocycles. The Labute approximate surface area is 399 Å². The molecule has 4 rings (SSSR count). The van der Waals surface area contributed by atoms with Crippen LogP contribution in [0.2, 0.25) is 0 Å². The van der Waals surface area contributed by atoms with Gasteiger partial charge in [-0.05, 0) is 99.4 Å². The van der Waals surface area contributed by atoms with Gasteiger partial charge in [-0.3, -0.25) is 34.4 Å². The molecule has 3 aromatic carbocycles. The van der Waals surface area contributed by atoms with Crippen LogP contribution in [0.25, 0.3) is 0 Å². The topological polar surface area (TPSA) is 267 Å². The lowest BCUT2D eigenvalue weighted by molar-refractivity contribution is -0.132. The lowest BCUT2D eigenvalue weighted by Gasteiger charge is -2.29. The molecule has 0 bridgehead atoms. The third-order valence-electron chi connectivity index (χ3n) is 10.6. The van der Waals surface area contributed by atoms with E-state index in [1.807, 2.05) is 57.2 Å². The highest BCUT2D eigenvalue weighted by atomic mass is 16.6. The van der Waals surface area contributed by atoms with Crippen molar-refractivity contribution in [3.63, 3.8) is 0 Å². The van der Waals surface area contributed by atoms with Crippen molar-refractivity contribution < 1.29 is 43.3 Å². The van der Waals surface area contributed by atoms with Gasteiger partial charge in [-0.1, -0.05) is 61.9 Å². The highest BCUT2D eigenvalue weighted by Crippen LogP contribution is 2.32. The lowest BCUT2D eigenvalue weighted by Crippen LogP contribution is -2.50. The molecule has 19 heteroatoms. The van der Waals surface area contributed by atoms with Crippen molar-refractivity contribution in [1.82, 2.24) is 42.1 Å². The molecule has 10 N–H and O–H groups in total. The van der Waals surface area contributed by atoms with E-state index in [1.165, 1.54) is 12.1 Å². The van der Waals surface area contributed by atoms with Crippen molar-refractivity contribution >= 4 is 41.7 Å². The number of carbonyl (C=O) groups excluding carboxylic acids is 6. The average Bonchev–Trinajstić information content (AvgIpc) is 3.73. The number of nitrogens with one attached hydrogen (secondary N) is 7. The van der Waals surface area contributed by atoms with E-state index in [0.717, 1.165) is 29.5 Å². The van der Waals surface area contributed by atoms with Gasteiger partial charge < -0.3 is 52.2 Å². The van der Waals surface area contributed by atoms with E-state index in [9.17, 15) is 33.9 Å². The van der Waals surface area contributed by atoms with E-state index in [4.69, 9.17) is 15.2 Å². The van der Waals surface area contributed by atoms with Crippen LogP contribution in [0.5, 0.6) is 11.5 Å². The number of aliphatic imine (C=N–C) groups is 1. The fourth-order valence-corrected chi connectivity index (χ4v) is 7.13. The second-order valence-corrected chi connectivity index (χ2v) is 17.4. The summed E-state index contributed by atoms with van der Waals surface area (Å²) in [7, 11) is 0. The number of amides is 7. The molecule has 3 aromatic rings. The fraction of sp³-hybridized carbons (Fsp3) is 0.490. The Hall–Kier alpha value is -6.89. The summed E-state index contributed by atoms with van der Waals surface area (Å²) in [5.41, 5.74) is 9.06. The molecule has 7 amide bonds. The van der Waals surface area contributed by atoms with Crippen LogP contribution in [-0.2, 0) is 43.5 Å². The first kappa shape index (κ1) is 53.7. The van der Waals surface area contributed by atoms with Gasteiger partial charge in [0.2, 0.25) is 23.6 Å². The Bertz CT molecular complexity index is 2100. The zero-order valence-corrected chi connectivity index (χ0v) is 39.8. The van der Waals surface area contributed by atoms with Crippen molar-refractivity contribution in [1.29, 1.82) is 0 Å². The van der Waals surface area contributed by atoms with Gasteiger partial charge >= 0.3 is 12.1 Å². The minimum absolute atomic E-state index is 0.0416. The van der Waals surface area contributed by atoms with Gasteiger partial charge in [0.1, 0.15) is 29.2 Å². The monoisotopic (exact) mass is 943 g/mol. The first-order valence-corrected chi connectivity index (χ1v) is 23.3. The third kappa shape index (κ3) is 20.3. The normalized spacial score (nSPS) is 13.3. The molecule has 1 heterocycles. The van der Waals surface area contributed by atoms with Gasteiger partial charge in [-0.15, -0.1) is 0 Å². The van der Waals surface area contributed by atoms with Crippen LogP contribution in [-0.4, -0.2) is 103 Å². The summed E-state index contributed by atoms with van der Waals surface area (Å²) < 4.78 is 11.2. The number of unbranched alkanes of at least 4 members (excludes halogenated alkanes) is 2. The summed E-state index contributed by atoms with van der Waals surface area (Å²) in [4.78, 5) is 82.4. The van der Waals surface area contributed by atoms with Gasteiger partial charge in [-0.25, -0.2) is 9.59 Å². The largest absolute Gasteiger partial charge is 0.508 e. The highest BCUT2D eigenvalue weighted by molar-refractivity contribution is 5.95. The van der Waals surface area contributed by atoms with Gasteiger partial charge in [0, 0.05) is 65.2 Å². The van der Waals surface area contributed by atoms with Gasteiger partial charge in [0.05, 0.1) is 6.61 Å². The summed E-state index contributed by atoms with van der Waals surface area (Å²) in [5, 5.41) is 29.0. The first-order valence-electron chi connectivity index (χ1n) is 23.3. The highest BCUT2D eigenvalue weighted by Gasteiger charge is 2.34. The fourth-order valence-electron chi connectivity index (χ4n) is 7.13. The average molecular weight is 943 g/mol. The molecule has 0 aromatic heterocycles. The second-order valence-electron chi connectivity index (χ2n) is 17.4. The number of phenolic OH excluding ortho intramolecular Hbond substituents is 1. The third-order valence-corrected chi connectivity index (χ3v) is 10.6. The number of urea groups is 1. The van der Waals surface area contributed by atoms with E-state index in [1.54, 1.807) is 31.2 Å². The van der Waals surface area contributed by atoms with Crippen molar-refractivity contribution in [3.05, 3.63) is 95.1 Å². The summed E-state index contributed by atoms with van der Waals surface area (Å²) >= 11 is 0. The van der Waals surface area contributed by atoms with Crippen molar-refractivity contribution in [2.75, 3.05) is 39.3 Å². The number of rotatable bonds is 26. The molecule has 370 valence electrons. The van der Waals surface area contributed by atoms with Crippen LogP contribution in [0, 0.1) is 0 Å². The molecule has 0 spiro atoms. The van der Waals surface area contributed by atoms with E-state index < -0.39 is 35.7 Å². The number of phenols is 1. The zero-order chi connectivity index (χ0) is 49.3. The molecular formula is C49H70N10O9. The summed E-state index contributed by atoms with van der Waals surface area (Å²) in [6.07, 6.45) is 3.65. The predicted molar refractivity (Wildman–Crippen MR) is 258 cm³/mol. The Kier molecular flexibility index (Phi) is 22.4. The molecule has 2 atom stereocenters. The molecule has 0 aliphatic carbocycles. The molecular weight excluding hydrogens is 873 g/mol. The van der Waals surface area contributed by atoms with E-state index >= 15 is 0 Å². The maximum Gasteiger partial charge on any atom is 0.407 e. The second kappa shape index (κ2) is 28.3. The van der Waals surface area contributed by atoms with Crippen LogP contribution in [0.1, 0.15) is 107 Å². The summed E-state index contributed by atoms with van der Waals surface area (Å²) in [5.74, 6) is -0.389. The Morgan fingerprint density at radius 2 is 1.41 bits per heavy atom. The minimum Gasteiger partial charge on any atom is -0.508 e. The van der Waals surface area contributed by atoms with Crippen LogP contribution >= 0.6 is 0 Å². The smallest absolute Gasteiger partial charge is 0.407 e. The molecule has 0 radical (unpaired) electrons. The van der Waals surface area contributed by atoms with E-state index in [-0.39, 0.29) is 62.0 Å². The maximum absolute atomic E-state index is 14.5. The number of alkyl carbamates (subject to hydrolysis) is 1. The summed E-state index contributed by atoms with van der Waals surface area (Å²) in [6, 6.07) is 19.4. The van der Waals surface area contributed by atoms with Gasteiger partial charge in [0.15, 0.2) is 5.96 Å². The Morgan fingerprint density at radius 1 is 0.750 bits per heavy atom.